The van der Waals surface area contributed by atoms with E-state index in [1.807, 2.05) is 6.07 Å². The highest BCUT2D eigenvalue weighted by Crippen LogP contribution is 2.30. The minimum atomic E-state index is -0.627. The fourth-order valence-electron chi connectivity index (χ4n) is 4.58. The zero-order chi connectivity index (χ0) is 24.2. The van der Waals surface area contributed by atoms with Gasteiger partial charge in [-0.3, -0.25) is 4.90 Å². The lowest BCUT2D eigenvalue weighted by Gasteiger charge is -2.38. The SMILES string of the molecule is CCOC(=O)C1=C(CN2CCN(c3cccc(C)c3C)CC2)NC(=O)N[C@@H]1c1cccc(Cl)c1. The number of hydrogen-bond acceptors (Lipinski definition) is 5. The maximum atomic E-state index is 13.0. The van der Waals surface area contributed by atoms with Gasteiger partial charge in [0.2, 0.25) is 0 Å². The average Bonchev–Trinajstić information content (AvgIpc) is 2.81. The van der Waals surface area contributed by atoms with Crippen molar-refractivity contribution >= 4 is 29.3 Å². The van der Waals surface area contributed by atoms with E-state index in [1.165, 1.54) is 16.8 Å². The standard InChI is InChI=1S/C26H31ClN4O3/c1-4-34-25(32)23-21(28-26(33)29-24(23)19-8-6-9-20(27)15-19)16-30-11-13-31(14-12-30)22-10-5-7-17(2)18(22)3/h5-10,15,24H,4,11-14,16H2,1-3H3,(H2,28,29,33)/t24-/m1/s1. The second kappa shape index (κ2) is 10.5. The number of nitrogens with one attached hydrogen (secondary N) is 2. The predicted molar refractivity (Wildman–Crippen MR) is 134 cm³/mol. The lowest BCUT2D eigenvalue weighted by atomic mass is 9.95. The van der Waals surface area contributed by atoms with Crippen LogP contribution in [0.3, 0.4) is 0 Å². The molecule has 0 aliphatic carbocycles. The van der Waals surface area contributed by atoms with Crippen molar-refractivity contribution in [2.45, 2.75) is 26.8 Å². The molecule has 180 valence electrons. The Morgan fingerprint density at radius 2 is 1.85 bits per heavy atom. The molecule has 2 aliphatic heterocycles. The van der Waals surface area contributed by atoms with Gasteiger partial charge < -0.3 is 20.3 Å². The number of urea groups is 1. The highest BCUT2D eigenvalue weighted by atomic mass is 35.5. The van der Waals surface area contributed by atoms with Crippen molar-refractivity contribution in [2.75, 3.05) is 44.2 Å². The van der Waals surface area contributed by atoms with Crippen molar-refractivity contribution in [1.82, 2.24) is 15.5 Å². The third-order valence-corrected chi connectivity index (χ3v) is 6.74. The molecule has 2 heterocycles. The minimum Gasteiger partial charge on any atom is -0.463 e. The summed E-state index contributed by atoms with van der Waals surface area (Å²) in [5, 5.41) is 6.27. The summed E-state index contributed by atoms with van der Waals surface area (Å²) in [5.74, 6) is -0.441. The van der Waals surface area contributed by atoms with Gasteiger partial charge in [-0.1, -0.05) is 35.9 Å². The molecule has 2 aromatic carbocycles. The predicted octanol–water partition coefficient (Wildman–Crippen LogP) is 3.95. The first kappa shape index (κ1) is 24.1. The van der Waals surface area contributed by atoms with Crippen LogP contribution in [0.4, 0.5) is 10.5 Å². The lowest BCUT2D eigenvalue weighted by Crippen LogP contribution is -2.52. The largest absolute Gasteiger partial charge is 0.463 e. The van der Waals surface area contributed by atoms with Crippen LogP contribution in [0.25, 0.3) is 0 Å². The van der Waals surface area contributed by atoms with E-state index in [4.69, 9.17) is 16.3 Å². The van der Waals surface area contributed by atoms with Gasteiger partial charge in [0.15, 0.2) is 0 Å². The van der Waals surface area contributed by atoms with Gasteiger partial charge in [-0.2, -0.15) is 0 Å². The smallest absolute Gasteiger partial charge is 0.338 e. The molecule has 0 radical (unpaired) electrons. The highest BCUT2D eigenvalue weighted by Gasteiger charge is 2.34. The molecule has 2 N–H and O–H groups in total. The van der Waals surface area contributed by atoms with E-state index >= 15 is 0 Å². The number of nitrogens with zero attached hydrogens (tertiary/aromatic N) is 2. The second-order valence-corrected chi connectivity index (χ2v) is 9.12. The Morgan fingerprint density at radius 3 is 2.56 bits per heavy atom. The van der Waals surface area contributed by atoms with Gasteiger partial charge in [-0.15, -0.1) is 0 Å². The molecule has 2 aromatic rings. The van der Waals surface area contributed by atoms with Crippen LogP contribution in [0.15, 0.2) is 53.7 Å². The molecule has 4 rings (SSSR count). The van der Waals surface area contributed by atoms with Crippen LogP contribution < -0.4 is 15.5 Å². The highest BCUT2D eigenvalue weighted by molar-refractivity contribution is 6.30. The number of aryl methyl sites for hydroxylation is 1. The van der Waals surface area contributed by atoms with E-state index in [0.29, 0.717) is 22.8 Å². The number of carbonyl (C=O) groups excluding carboxylic acids is 2. The van der Waals surface area contributed by atoms with E-state index in [9.17, 15) is 9.59 Å². The van der Waals surface area contributed by atoms with E-state index in [-0.39, 0.29) is 12.6 Å². The van der Waals surface area contributed by atoms with Crippen LogP contribution in [0, 0.1) is 13.8 Å². The molecule has 1 fully saturated rings. The Hall–Kier alpha value is -3.03. The summed E-state index contributed by atoms with van der Waals surface area (Å²) in [7, 11) is 0. The maximum absolute atomic E-state index is 13.0. The zero-order valence-electron chi connectivity index (χ0n) is 19.9. The molecule has 7 nitrogen and oxygen atoms in total. The third kappa shape index (κ3) is 5.21. The summed E-state index contributed by atoms with van der Waals surface area (Å²) in [6.07, 6.45) is 0. The second-order valence-electron chi connectivity index (χ2n) is 8.68. The van der Waals surface area contributed by atoms with Crippen LogP contribution in [-0.2, 0) is 9.53 Å². The molecule has 0 spiro atoms. The zero-order valence-corrected chi connectivity index (χ0v) is 20.6. The van der Waals surface area contributed by atoms with Crippen molar-refractivity contribution in [3.05, 3.63) is 75.4 Å². The van der Waals surface area contributed by atoms with Gasteiger partial charge in [0.05, 0.1) is 18.2 Å². The van der Waals surface area contributed by atoms with E-state index in [1.54, 1.807) is 25.1 Å². The fourth-order valence-corrected chi connectivity index (χ4v) is 4.78. The number of anilines is 1. The lowest BCUT2D eigenvalue weighted by molar-refractivity contribution is -0.139. The Kier molecular flexibility index (Phi) is 7.44. The van der Waals surface area contributed by atoms with Crippen molar-refractivity contribution < 1.29 is 14.3 Å². The number of carbonyl (C=O) groups is 2. The maximum Gasteiger partial charge on any atom is 0.338 e. The molecule has 0 saturated carbocycles. The number of amides is 2. The normalized spacial score (nSPS) is 19.0. The first-order valence-corrected chi connectivity index (χ1v) is 12.0. The monoisotopic (exact) mass is 482 g/mol. The molecule has 0 unspecified atom stereocenters. The molecule has 8 heteroatoms. The summed E-state index contributed by atoms with van der Waals surface area (Å²) in [4.78, 5) is 30.2. The summed E-state index contributed by atoms with van der Waals surface area (Å²) < 4.78 is 5.37. The molecule has 34 heavy (non-hydrogen) atoms. The molecule has 1 atom stereocenters. The van der Waals surface area contributed by atoms with Crippen LogP contribution >= 0.6 is 11.6 Å². The number of benzene rings is 2. The van der Waals surface area contributed by atoms with E-state index < -0.39 is 12.0 Å². The number of rotatable bonds is 6. The Bertz CT molecular complexity index is 1110. The van der Waals surface area contributed by atoms with Gasteiger partial charge >= 0.3 is 12.0 Å². The van der Waals surface area contributed by atoms with Gasteiger partial charge in [-0.05, 0) is 55.7 Å². The molecule has 2 aliphatic rings. The Labute approximate surface area is 205 Å². The van der Waals surface area contributed by atoms with Crippen LogP contribution in [0.2, 0.25) is 5.02 Å². The topological polar surface area (TPSA) is 73.9 Å². The summed E-state index contributed by atoms with van der Waals surface area (Å²) >= 11 is 6.19. The number of esters is 1. The average molecular weight is 483 g/mol. The Balaban J connectivity index is 1.56. The fraction of sp³-hybridized carbons (Fsp3) is 0.385. The summed E-state index contributed by atoms with van der Waals surface area (Å²) in [6.45, 7) is 10.2. The third-order valence-electron chi connectivity index (χ3n) is 6.50. The van der Waals surface area contributed by atoms with Crippen LogP contribution in [0.5, 0.6) is 0 Å². The number of hydrogen-bond donors (Lipinski definition) is 2. The quantitative estimate of drug-likeness (QED) is 0.610. The molecule has 0 aromatic heterocycles. The summed E-state index contributed by atoms with van der Waals surface area (Å²) in [6, 6.07) is 12.6. The van der Waals surface area contributed by atoms with Gasteiger partial charge in [0, 0.05) is 49.1 Å². The molecular formula is C26H31ClN4O3. The van der Waals surface area contributed by atoms with Crippen molar-refractivity contribution in [2.24, 2.45) is 0 Å². The first-order valence-electron chi connectivity index (χ1n) is 11.6. The van der Waals surface area contributed by atoms with Gasteiger partial charge in [0.25, 0.3) is 0 Å². The molecule has 0 bridgehead atoms. The van der Waals surface area contributed by atoms with Crippen molar-refractivity contribution in [3.8, 4) is 0 Å². The van der Waals surface area contributed by atoms with Crippen LogP contribution in [0.1, 0.15) is 29.7 Å². The molecule has 1 saturated heterocycles. The van der Waals surface area contributed by atoms with Gasteiger partial charge in [-0.25, -0.2) is 9.59 Å². The number of ether oxygens (including phenoxy) is 1. The number of piperazine rings is 1. The summed E-state index contributed by atoms with van der Waals surface area (Å²) in [5.41, 5.74) is 5.59. The molecule has 2 amide bonds. The van der Waals surface area contributed by atoms with E-state index in [2.05, 4.69) is 52.5 Å². The van der Waals surface area contributed by atoms with Crippen molar-refractivity contribution in [3.63, 3.8) is 0 Å². The number of halogens is 1. The van der Waals surface area contributed by atoms with Crippen LogP contribution in [-0.4, -0.2) is 56.2 Å². The minimum absolute atomic E-state index is 0.250. The Morgan fingerprint density at radius 1 is 1.12 bits per heavy atom. The van der Waals surface area contributed by atoms with Gasteiger partial charge in [0.1, 0.15) is 0 Å². The molecular weight excluding hydrogens is 452 g/mol. The van der Waals surface area contributed by atoms with E-state index in [0.717, 1.165) is 31.7 Å². The van der Waals surface area contributed by atoms with Crippen molar-refractivity contribution in [1.29, 1.82) is 0 Å². The first-order chi connectivity index (χ1) is 16.4.